The molecule has 0 unspecified atom stereocenters. The second kappa shape index (κ2) is 9.14. The van der Waals surface area contributed by atoms with Gasteiger partial charge in [0.1, 0.15) is 0 Å². The van der Waals surface area contributed by atoms with Gasteiger partial charge in [0.15, 0.2) is 0 Å². The zero-order chi connectivity index (χ0) is 17.6. The second-order valence-electron chi connectivity index (χ2n) is 6.07. The SMILES string of the molecule is C1=CC(=C2C=C(c3ccccc3)[N-]c3ccccc32)C=C1.[Fe+2].c1cc[cH-]c1. The minimum Gasteiger partial charge on any atom is -0.657 e. The van der Waals surface area contributed by atoms with Crippen LogP contribution in [-0.4, -0.2) is 0 Å². The Bertz CT molecular complexity index is 959. The first-order valence-electron chi connectivity index (χ1n) is 8.76. The summed E-state index contributed by atoms with van der Waals surface area (Å²) in [5.74, 6) is 0. The van der Waals surface area contributed by atoms with Crippen LogP contribution in [0.1, 0.15) is 11.1 Å². The zero-order valence-corrected chi connectivity index (χ0v) is 15.9. The summed E-state index contributed by atoms with van der Waals surface area (Å²) >= 11 is 0. The fourth-order valence-electron chi connectivity index (χ4n) is 3.05. The minimum atomic E-state index is 0. The van der Waals surface area contributed by atoms with Crippen LogP contribution in [-0.2, 0) is 17.1 Å². The Labute approximate surface area is 171 Å². The maximum absolute atomic E-state index is 4.82. The summed E-state index contributed by atoms with van der Waals surface area (Å²) < 4.78 is 0. The fourth-order valence-corrected chi connectivity index (χ4v) is 3.05. The Morgan fingerprint density at radius 3 is 2.04 bits per heavy atom. The molecule has 5 rings (SSSR count). The Morgan fingerprint density at radius 2 is 1.37 bits per heavy atom. The van der Waals surface area contributed by atoms with Crippen molar-refractivity contribution in [3.63, 3.8) is 0 Å². The normalized spacial score (nSPS) is 13.7. The summed E-state index contributed by atoms with van der Waals surface area (Å²) in [7, 11) is 0. The van der Waals surface area contributed by atoms with Crippen LogP contribution in [0.25, 0.3) is 16.6 Å². The van der Waals surface area contributed by atoms with Gasteiger partial charge in [0.25, 0.3) is 0 Å². The van der Waals surface area contributed by atoms with Gasteiger partial charge >= 0.3 is 17.1 Å². The summed E-state index contributed by atoms with van der Waals surface area (Å²) in [6.07, 6.45) is 10.6. The molecule has 0 saturated carbocycles. The third-order valence-corrected chi connectivity index (χ3v) is 4.31. The van der Waals surface area contributed by atoms with E-state index in [-0.39, 0.29) is 17.1 Å². The van der Waals surface area contributed by atoms with Gasteiger partial charge in [-0.3, -0.25) is 0 Å². The van der Waals surface area contributed by atoms with Gasteiger partial charge in [-0.15, -0.1) is 11.4 Å². The van der Waals surface area contributed by atoms with Crippen molar-refractivity contribution in [2.75, 3.05) is 0 Å². The van der Waals surface area contributed by atoms with Crippen molar-refractivity contribution >= 4 is 17.0 Å². The van der Waals surface area contributed by atoms with E-state index in [4.69, 9.17) is 5.32 Å². The van der Waals surface area contributed by atoms with E-state index in [1.165, 1.54) is 16.7 Å². The number of rotatable bonds is 1. The number of nitrogens with zero attached hydrogens (tertiary/aromatic N) is 1. The van der Waals surface area contributed by atoms with Crippen LogP contribution >= 0.6 is 0 Å². The van der Waals surface area contributed by atoms with Gasteiger partial charge in [-0.1, -0.05) is 85.0 Å². The van der Waals surface area contributed by atoms with Crippen molar-refractivity contribution in [3.05, 3.63) is 137 Å². The van der Waals surface area contributed by atoms with Gasteiger partial charge in [-0.05, 0) is 22.3 Å². The second-order valence-corrected chi connectivity index (χ2v) is 6.07. The number of para-hydroxylation sites is 1. The zero-order valence-electron chi connectivity index (χ0n) is 14.8. The van der Waals surface area contributed by atoms with E-state index in [1.807, 2.05) is 54.6 Å². The third kappa shape index (κ3) is 4.43. The molecule has 2 heteroatoms. The summed E-state index contributed by atoms with van der Waals surface area (Å²) in [6, 6.07) is 28.7. The Morgan fingerprint density at radius 1 is 0.704 bits per heavy atom. The molecule has 132 valence electrons. The molecule has 0 bridgehead atoms. The first-order valence-corrected chi connectivity index (χ1v) is 8.76. The molecule has 0 aromatic heterocycles. The Kier molecular flexibility index (Phi) is 6.38. The van der Waals surface area contributed by atoms with Crippen LogP contribution in [0.4, 0.5) is 5.69 Å². The molecule has 1 aliphatic heterocycles. The Hall–Kier alpha value is -2.93. The van der Waals surface area contributed by atoms with Gasteiger partial charge in [0.05, 0.1) is 0 Å². The molecule has 0 radical (unpaired) electrons. The summed E-state index contributed by atoms with van der Waals surface area (Å²) in [5.41, 5.74) is 6.88. The van der Waals surface area contributed by atoms with Gasteiger partial charge < -0.3 is 5.32 Å². The number of fused-ring (bicyclic) bond motifs is 1. The molecule has 0 amide bonds. The van der Waals surface area contributed by atoms with Crippen molar-refractivity contribution in [2.45, 2.75) is 0 Å². The maximum atomic E-state index is 4.82. The predicted octanol–water partition coefficient (Wildman–Crippen LogP) is 7.03. The standard InChI is InChI=1S/C20H14N.C5H5.Fe/c1-2-10-16(11-3-1)20-14-18(15-8-4-5-9-15)17-12-6-7-13-19(17)21-20;1-2-4-5-3-1;/h1-14H;1-5H;/q2*-1;+2. The number of benzene rings is 2. The van der Waals surface area contributed by atoms with E-state index in [0.29, 0.717) is 0 Å². The predicted molar refractivity (Wildman–Crippen MR) is 111 cm³/mol. The van der Waals surface area contributed by atoms with E-state index in [9.17, 15) is 0 Å². The molecule has 1 aliphatic carbocycles. The van der Waals surface area contributed by atoms with Crippen molar-refractivity contribution in [3.8, 4) is 0 Å². The van der Waals surface area contributed by atoms with Crippen LogP contribution in [0, 0.1) is 0 Å². The summed E-state index contributed by atoms with van der Waals surface area (Å²) in [4.78, 5) is 0. The summed E-state index contributed by atoms with van der Waals surface area (Å²) in [6.45, 7) is 0. The fraction of sp³-hybridized carbons (Fsp3) is 0. The Balaban J connectivity index is 0.000000306. The van der Waals surface area contributed by atoms with Gasteiger partial charge in [-0.25, -0.2) is 12.1 Å². The van der Waals surface area contributed by atoms with E-state index < -0.39 is 0 Å². The first kappa shape index (κ1) is 18.8. The number of hydrogen-bond acceptors (Lipinski definition) is 0. The van der Waals surface area contributed by atoms with E-state index in [0.717, 1.165) is 16.9 Å². The molecule has 0 saturated heterocycles. The van der Waals surface area contributed by atoms with Crippen molar-refractivity contribution in [2.24, 2.45) is 0 Å². The molecular weight excluding hydrogens is 370 g/mol. The van der Waals surface area contributed by atoms with E-state index >= 15 is 0 Å². The number of hydrogen-bond donors (Lipinski definition) is 0. The monoisotopic (exact) mass is 389 g/mol. The molecule has 0 atom stereocenters. The van der Waals surface area contributed by atoms with E-state index in [1.54, 1.807) is 0 Å². The van der Waals surface area contributed by atoms with Crippen LogP contribution < -0.4 is 0 Å². The number of allylic oxidation sites excluding steroid dienone is 7. The molecule has 1 heterocycles. The van der Waals surface area contributed by atoms with Crippen molar-refractivity contribution in [1.29, 1.82) is 0 Å². The van der Waals surface area contributed by atoms with Gasteiger partial charge in [0.2, 0.25) is 0 Å². The molecule has 1 nitrogen and oxygen atoms in total. The quantitative estimate of drug-likeness (QED) is 0.313. The topological polar surface area (TPSA) is 14.1 Å². The molecular formula is C25H19FeN. The molecule has 0 N–H and O–H groups in total. The first-order chi connectivity index (χ1) is 12.9. The van der Waals surface area contributed by atoms with Crippen LogP contribution in [0.15, 0.2) is 121 Å². The average Bonchev–Trinajstić information content (AvgIpc) is 3.44. The van der Waals surface area contributed by atoms with Crippen molar-refractivity contribution in [1.82, 2.24) is 0 Å². The smallest absolute Gasteiger partial charge is 0.657 e. The molecule has 3 aromatic carbocycles. The van der Waals surface area contributed by atoms with Crippen LogP contribution in [0.5, 0.6) is 0 Å². The molecule has 27 heavy (non-hydrogen) atoms. The molecule has 0 fully saturated rings. The van der Waals surface area contributed by atoms with Crippen LogP contribution in [0.3, 0.4) is 0 Å². The van der Waals surface area contributed by atoms with Crippen LogP contribution in [0.2, 0.25) is 0 Å². The third-order valence-electron chi connectivity index (χ3n) is 4.31. The maximum Gasteiger partial charge on any atom is 2.00 e. The average molecular weight is 389 g/mol. The van der Waals surface area contributed by atoms with Gasteiger partial charge in [-0.2, -0.15) is 18.2 Å². The largest absolute Gasteiger partial charge is 2.00 e. The van der Waals surface area contributed by atoms with Gasteiger partial charge in [0, 0.05) is 0 Å². The summed E-state index contributed by atoms with van der Waals surface area (Å²) in [5, 5.41) is 4.82. The van der Waals surface area contributed by atoms with E-state index in [2.05, 4.69) is 60.7 Å². The minimum absolute atomic E-state index is 0. The molecule has 3 aromatic rings. The molecule has 0 spiro atoms. The van der Waals surface area contributed by atoms with Crippen molar-refractivity contribution < 1.29 is 17.1 Å². The molecule has 2 aliphatic rings.